The second-order valence-electron chi connectivity index (χ2n) is 6.04. The van der Waals surface area contributed by atoms with Crippen molar-refractivity contribution in [1.82, 2.24) is 0 Å². The van der Waals surface area contributed by atoms with E-state index in [1.54, 1.807) is 24.3 Å². The van der Waals surface area contributed by atoms with Gasteiger partial charge in [-0.1, -0.05) is 43.2 Å². The van der Waals surface area contributed by atoms with Crippen LogP contribution in [0.15, 0.2) is 30.3 Å². The van der Waals surface area contributed by atoms with Crippen LogP contribution in [0.4, 0.5) is 0 Å². The van der Waals surface area contributed by atoms with Gasteiger partial charge < -0.3 is 5.73 Å². The highest BCUT2D eigenvalue weighted by atomic mass is 16.2. The number of fused-ring (bicyclic) bond motifs is 1. The Balaban J connectivity index is 1.92. The minimum absolute atomic E-state index is 0.103. The summed E-state index contributed by atoms with van der Waals surface area (Å²) in [6, 6.07) is 7.65. The summed E-state index contributed by atoms with van der Waals surface area (Å²) >= 11 is 0. The topological polar surface area (TPSA) is 77.2 Å². The van der Waals surface area contributed by atoms with Crippen molar-refractivity contribution >= 4 is 17.3 Å². The molecule has 2 fully saturated rings. The van der Waals surface area contributed by atoms with Gasteiger partial charge in [-0.2, -0.15) is 0 Å². The fourth-order valence-electron chi connectivity index (χ4n) is 3.71. The van der Waals surface area contributed by atoms with Crippen LogP contribution >= 0.6 is 0 Å². The van der Waals surface area contributed by atoms with Gasteiger partial charge in [-0.25, -0.2) is 0 Å². The Morgan fingerprint density at radius 3 is 2.14 bits per heavy atom. The summed E-state index contributed by atoms with van der Waals surface area (Å²) in [4.78, 5) is 37.7. The van der Waals surface area contributed by atoms with Crippen LogP contribution in [-0.2, 0) is 9.59 Å². The number of benzene rings is 1. The molecule has 21 heavy (non-hydrogen) atoms. The van der Waals surface area contributed by atoms with E-state index in [1.807, 2.05) is 6.07 Å². The fourth-order valence-corrected chi connectivity index (χ4v) is 3.71. The van der Waals surface area contributed by atoms with Gasteiger partial charge in [0.25, 0.3) is 0 Å². The molecular formula is C17H19NO3. The van der Waals surface area contributed by atoms with Gasteiger partial charge in [0.2, 0.25) is 0 Å². The molecule has 4 heteroatoms. The highest BCUT2D eigenvalue weighted by Gasteiger charge is 2.51. The molecule has 2 aliphatic rings. The maximum Gasteiger partial charge on any atom is 0.175 e. The summed E-state index contributed by atoms with van der Waals surface area (Å²) < 4.78 is 0. The summed E-state index contributed by atoms with van der Waals surface area (Å²) in [7, 11) is 0. The largest absolute Gasteiger partial charge is 0.321 e. The molecule has 0 saturated heterocycles. The first-order chi connectivity index (χ1) is 10.1. The molecule has 2 aliphatic carbocycles. The summed E-state index contributed by atoms with van der Waals surface area (Å²) in [6.45, 7) is 0. The monoisotopic (exact) mass is 285 g/mol. The van der Waals surface area contributed by atoms with Crippen molar-refractivity contribution in [2.24, 2.45) is 23.5 Å². The lowest BCUT2D eigenvalue weighted by atomic mass is 9.63. The Labute approximate surface area is 123 Å². The van der Waals surface area contributed by atoms with Crippen molar-refractivity contribution in [3.8, 4) is 0 Å². The van der Waals surface area contributed by atoms with Gasteiger partial charge in [-0.3, -0.25) is 14.4 Å². The Bertz CT molecular complexity index is 581. The third-order valence-electron chi connectivity index (χ3n) is 4.83. The molecule has 4 atom stereocenters. The molecular weight excluding hydrogens is 266 g/mol. The summed E-state index contributed by atoms with van der Waals surface area (Å²) in [5, 5.41) is 0. The van der Waals surface area contributed by atoms with Gasteiger partial charge in [0.05, 0.1) is 6.04 Å². The normalized spacial score (nSPS) is 32.6. The first-order valence-corrected chi connectivity index (χ1v) is 7.53. The molecule has 2 saturated carbocycles. The molecule has 1 aromatic rings. The number of hydrogen-bond donors (Lipinski definition) is 1. The second kappa shape index (κ2) is 5.53. The van der Waals surface area contributed by atoms with E-state index in [1.165, 1.54) is 0 Å². The van der Waals surface area contributed by atoms with Crippen molar-refractivity contribution in [1.29, 1.82) is 0 Å². The van der Waals surface area contributed by atoms with Crippen molar-refractivity contribution in [3.05, 3.63) is 35.9 Å². The standard InChI is InChI=1S/C17H19NO3/c18-14-13(15(19)10-6-2-1-3-7-10)16(20)11-8-4-5-9-12(11)17(14)21/h1-3,6-7,11-14H,4-5,8-9,18H2. The quantitative estimate of drug-likeness (QED) is 0.663. The molecule has 3 rings (SSSR count). The molecule has 0 bridgehead atoms. The fraction of sp³-hybridized carbons (Fsp3) is 0.471. The van der Waals surface area contributed by atoms with E-state index in [-0.39, 0.29) is 29.2 Å². The number of rotatable bonds is 2. The maximum absolute atomic E-state index is 12.7. The highest BCUT2D eigenvalue weighted by molar-refractivity contribution is 6.17. The molecule has 1 aromatic carbocycles. The van der Waals surface area contributed by atoms with Crippen LogP contribution in [-0.4, -0.2) is 23.4 Å². The van der Waals surface area contributed by atoms with Crippen molar-refractivity contribution in [2.45, 2.75) is 31.7 Å². The van der Waals surface area contributed by atoms with Gasteiger partial charge in [0.15, 0.2) is 11.6 Å². The number of hydrogen-bond acceptors (Lipinski definition) is 4. The molecule has 4 unspecified atom stereocenters. The molecule has 0 radical (unpaired) electrons. The average Bonchev–Trinajstić information content (AvgIpc) is 2.53. The van der Waals surface area contributed by atoms with Crippen LogP contribution in [0, 0.1) is 17.8 Å². The predicted molar refractivity (Wildman–Crippen MR) is 77.7 cm³/mol. The van der Waals surface area contributed by atoms with Gasteiger partial charge in [0.1, 0.15) is 11.7 Å². The van der Waals surface area contributed by atoms with Crippen molar-refractivity contribution < 1.29 is 14.4 Å². The second-order valence-corrected chi connectivity index (χ2v) is 6.04. The van der Waals surface area contributed by atoms with E-state index >= 15 is 0 Å². The lowest BCUT2D eigenvalue weighted by molar-refractivity contribution is -0.143. The van der Waals surface area contributed by atoms with Crippen molar-refractivity contribution in [3.63, 3.8) is 0 Å². The minimum Gasteiger partial charge on any atom is -0.321 e. The van der Waals surface area contributed by atoms with Gasteiger partial charge in [-0.15, -0.1) is 0 Å². The van der Waals surface area contributed by atoms with E-state index in [4.69, 9.17) is 5.73 Å². The van der Waals surface area contributed by atoms with E-state index < -0.39 is 12.0 Å². The Hall–Kier alpha value is -1.81. The predicted octanol–water partition coefficient (Wildman–Crippen LogP) is 1.77. The molecule has 0 aliphatic heterocycles. The zero-order chi connectivity index (χ0) is 15.0. The van der Waals surface area contributed by atoms with Crippen LogP contribution < -0.4 is 5.73 Å². The zero-order valence-electron chi connectivity index (χ0n) is 11.8. The Kier molecular flexibility index (Phi) is 3.72. The summed E-state index contributed by atoms with van der Waals surface area (Å²) in [5.74, 6) is -2.11. The molecule has 110 valence electrons. The van der Waals surface area contributed by atoms with E-state index in [2.05, 4.69) is 0 Å². The van der Waals surface area contributed by atoms with Crippen LogP contribution in [0.3, 0.4) is 0 Å². The van der Waals surface area contributed by atoms with Crippen LogP contribution in [0.25, 0.3) is 0 Å². The molecule has 0 spiro atoms. The zero-order valence-corrected chi connectivity index (χ0v) is 11.8. The smallest absolute Gasteiger partial charge is 0.175 e. The van der Waals surface area contributed by atoms with Crippen LogP contribution in [0.1, 0.15) is 36.0 Å². The third kappa shape index (κ3) is 2.33. The average molecular weight is 285 g/mol. The van der Waals surface area contributed by atoms with Crippen LogP contribution in [0.2, 0.25) is 0 Å². The van der Waals surface area contributed by atoms with E-state index in [9.17, 15) is 14.4 Å². The molecule has 0 aromatic heterocycles. The maximum atomic E-state index is 12.7. The molecule has 2 N–H and O–H groups in total. The Morgan fingerprint density at radius 1 is 0.952 bits per heavy atom. The lowest BCUT2D eigenvalue weighted by Gasteiger charge is -2.39. The first kappa shape index (κ1) is 14.1. The lowest BCUT2D eigenvalue weighted by Crippen LogP contribution is -2.57. The van der Waals surface area contributed by atoms with Gasteiger partial charge in [-0.05, 0) is 12.8 Å². The number of carbonyl (C=O) groups excluding carboxylic acids is 3. The highest BCUT2D eigenvalue weighted by Crippen LogP contribution is 2.39. The van der Waals surface area contributed by atoms with Gasteiger partial charge >= 0.3 is 0 Å². The Morgan fingerprint density at radius 2 is 1.52 bits per heavy atom. The molecule has 0 heterocycles. The number of nitrogens with two attached hydrogens (primary N) is 1. The minimum atomic E-state index is -1.00. The van der Waals surface area contributed by atoms with E-state index in [0.717, 1.165) is 19.3 Å². The summed E-state index contributed by atoms with van der Waals surface area (Å²) in [5.41, 5.74) is 6.42. The third-order valence-corrected chi connectivity index (χ3v) is 4.83. The van der Waals surface area contributed by atoms with Crippen LogP contribution in [0.5, 0.6) is 0 Å². The summed E-state index contributed by atoms with van der Waals surface area (Å²) in [6.07, 6.45) is 3.35. The van der Waals surface area contributed by atoms with E-state index in [0.29, 0.717) is 12.0 Å². The SMILES string of the molecule is NC1C(=O)C2CCCCC2C(=O)C1C(=O)c1ccccc1. The van der Waals surface area contributed by atoms with Gasteiger partial charge in [0, 0.05) is 17.4 Å². The molecule has 0 amide bonds. The number of Topliss-reactive ketones (excluding diaryl/α,β-unsaturated/α-hetero) is 3. The first-order valence-electron chi connectivity index (χ1n) is 7.53. The van der Waals surface area contributed by atoms with Crippen molar-refractivity contribution in [2.75, 3.05) is 0 Å². The molecule has 4 nitrogen and oxygen atoms in total. The number of ketones is 3. The number of carbonyl (C=O) groups is 3.